The molecule has 1 aliphatic rings. The summed E-state index contributed by atoms with van der Waals surface area (Å²) in [6, 6.07) is 12.1. The summed E-state index contributed by atoms with van der Waals surface area (Å²) in [6.45, 7) is 0. The van der Waals surface area contributed by atoms with Gasteiger partial charge in [-0.1, -0.05) is 43.2 Å². The van der Waals surface area contributed by atoms with Crippen LogP contribution in [0, 0.1) is 0 Å². The smallest absolute Gasteiger partial charge is 0.168 e. The maximum atomic E-state index is 10.9. The first-order valence-corrected chi connectivity index (χ1v) is 6.69. The molecule has 3 nitrogen and oxygen atoms in total. The monoisotopic (exact) mass is 252 g/mol. The lowest BCUT2D eigenvalue weighted by molar-refractivity contribution is 0.111. The third-order valence-electron chi connectivity index (χ3n) is 4.01. The Kier molecular flexibility index (Phi) is 3.11. The zero-order chi connectivity index (χ0) is 13.1. The largest absolute Gasteiger partial charge is 0.296 e. The third-order valence-corrected chi connectivity index (χ3v) is 4.01. The van der Waals surface area contributed by atoms with Crippen molar-refractivity contribution in [1.29, 1.82) is 0 Å². The number of nitrogens with zero attached hydrogens (tertiary/aromatic N) is 2. The van der Waals surface area contributed by atoms with Crippen LogP contribution in [0.5, 0.6) is 0 Å². The highest BCUT2D eigenvalue weighted by Crippen LogP contribution is 2.44. The van der Waals surface area contributed by atoms with Crippen LogP contribution in [-0.2, 0) is 5.41 Å². The van der Waals surface area contributed by atoms with Gasteiger partial charge in [0.25, 0.3) is 0 Å². The van der Waals surface area contributed by atoms with Crippen molar-refractivity contribution < 1.29 is 4.79 Å². The minimum absolute atomic E-state index is 0.111. The average Bonchev–Trinajstić information content (AvgIpc) is 2.99. The SMILES string of the molecule is O=Cc1ccnc(C2(c3ccccc3)CCCC2)n1. The lowest BCUT2D eigenvalue weighted by Crippen LogP contribution is -2.27. The minimum atomic E-state index is -0.111. The maximum Gasteiger partial charge on any atom is 0.168 e. The van der Waals surface area contributed by atoms with Crippen molar-refractivity contribution in [3.63, 3.8) is 0 Å². The van der Waals surface area contributed by atoms with Crippen LogP contribution in [0.4, 0.5) is 0 Å². The van der Waals surface area contributed by atoms with Gasteiger partial charge in [-0.2, -0.15) is 0 Å². The molecule has 3 heteroatoms. The van der Waals surface area contributed by atoms with Gasteiger partial charge in [0.05, 0.1) is 5.41 Å². The number of carbonyl (C=O) groups excluding carboxylic acids is 1. The van der Waals surface area contributed by atoms with Crippen molar-refractivity contribution >= 4 is 6.29 Å². The van der Waals surface area contributed by atoms with Crippen LogP contribution < -0.4 is 0 Å². The normalized spacial score (nSPS) is 17.3. The van der Waals surface area contributed by atoms with E-state index in [1.165, 1.54) is 18.4 Å². The van der Waals surface area contributed by atoms with Gasteiger partial charge in [0, 0.05) is 6.20 Å². The molecule has 0 amide bonds. The van der Waals surface area contributed by atoms with E-state index in [-0.39, 0.29) is 5.41 Å². The molecule has 0 radical (unpaired) electrons. The molecule has 0 spiro atoms. The average molecular weight is 252 g/mol. The Hall–Kier alpha value is -2.03. The van der Waals surface area contributed by atoms with Crippen LogP contribution in [0.3, 0.4) is 0 Å². The maximum absolute atomic E-state index is 10.9. The summed E-state index contributed by atoms with van der Waals surface area (Å²) >= 11 is 0. The predicted octanol–water partition coefficient (Wildman–Crippen LogP) is 3.15. The van der Waals surface area contributed by atoms with Crippen molar-refractivity contribution in [2.24, 2.45) is 0 Å². The summed E-state index contributed by atoms with van der Waals surface area (Å²) in [4.78, 5) is 19.8. The molecule has 3 rings (SSSR count). The first-order chi connectivity index (χ1) is 9.35. The van der Waals surface area contributed by atoms with Crippen LogP contribution in [0.1, 0.15) is 47.6 Å². The molecular weight excluding hydrogens is 236 g/mol. The zero-order valence-electron chi connectivity index (χ0n) is 10.7. The van der Waals surface area contributed by atoms with Gasteiger partial charge >= 0.3 is 0 Å². The third kappa shape index (κ3) is 2.05. The quantitative estimate of drug-likeness (QED) is 0.788. The van der Waals surface area contributed by atoms with Crippen molar-refractivity contribution in [3.05, 3.63) is 59.7 Å². The van der Waals surface area contributed by atoms with Gasteiger partial charge in [-0.05, 0) is 24.5 Å². The van der Waals surface area contributed by atoms with Gasteiger partial charge in [0.1, 0.15) is 11.5 Å². The van der Waals surface area contributed by atoms with E-state index in [9.17, 15) is 4.79 Å². The van der Waals surface area contributed by atoms with Crippen molar-refractivity contribution in [3.8, 4) is 0 Å². The van der Waals surface area contributed by atoms with E-state index < -0.39 is 0 Å². The number of benzene rings is 1. The molecule has 0 unspecified atom stereocenters. The fourth-order valence-corrected chi connectivity index (χ4v) is 3.05. The molecule has 1 aliphatic carbocycles. The van der Waals surface area contributed by atoms with Gasteiger partial charge < -0.3 is 0 Å². The molecular formula is C16H16N2O. The minimum Gasteiger partial charge on any atom is -0.296 e. The van der Waals surface area contributed by atoms with Gasteiger partial charge in [-0.3, -0.25) is 4.79 Å². The van der Waals surface area contributed by atoms with Crippen LogP contribution in [-0.4, -0.2) is 16.3 Å². The molecule has 0 saturated heterocycles. The van der Waals surface area contributed by atoms with Crippen LogP contribution in [0.15, 0.2) is 42.6 Å². The first-order valence-electron chi connectivity index (χ1n) is 6.69. The molecule has 19 heavy (non-hydrogen) atoms. The zero-order valence-corrected chi connectivity index (χ0v) is 10.7. The second-order valence-electron chi connectivity index (χ2n) is 5.08. The molecule has 1 aromatic carbocycles. The number of aldehydes is 1. The lowest BCUT2D eigenvalue weighted by Gasteiger charge is -2.28. The lowest BCUT2D eigenvalue weighted by atomic mass is 9.78. The molecule has 1 aromatic heterocycles. The van der Waals surface area contributed by atoms with Crippen molar-refractivity contribution in [2.75, 3.05) is 0 Å². The highest BCUT2D eigenvalue weighted by molar-refractivity contribution is 5.71. The molecule has 0 N–H and O–H groups in total. The van der Waals surface area contributed by atoms with Gasteiger partial charge in [0.15, 0.2) is 6.29 Å². The van der Waals surface area contributed by atoms with Crippen molar-refractivity contribution in [2.45, 2.75) is 31.1 Å². The molecule has 2 aromatic rings. The van der Waals surface area contributed by atoms with E-state index in [4.69, 9.17) is 0 Å². The Morgan fingerprint density at radius 1 is 1.05 bits per heavy atom. The highest BCUT2D eigenvalue weighted by atomic mass is 16.1. The molecule has 1 heterocycles. The van der Waals surface area contributed by atoms with Crippen molar-refractivity contribution in [1.82, 2.24) is 9.97 Å². The molecule has 96 valence electrons. The summed E-state index contributed by atoms with van der Waals surface area (Å²) in [7, 11) is 0. The fourth-order valence-electron chi connectivity index (χ4n) is 3.05. The molecule has 1 fully saturated rings. The Bertz CT molecular complexity index is 574. The number of hydrogen-bond donors (Lipinski definition) is 0. The molecule has 0 atom stereocenters. The molecule has 0 aliphatic heterocycles. The number of carbonyl (C=O) groups is 1. The second kappa shape index (κ2) is 4.92. The summed E-state index contributed by atoms with van der Waals surface area (Å²) in [5.41, 5.74) is 1.61. The van der Waals surface area contributed by atoms with E-state index in [1.54, 1.807) is 12.3 Å². The summed E-state index contributed by atoms with van der Waals surface area (Å²) < 4.78 is 0. The van der Waals surface area contributed by atoms with Crippen LogP contribution >= 0.6 is 0 Å². The van der Waals surface area contributed by atoms with E-state index in [0.717, 1.165) is 25.0 Å². The highest BCUT2D eigenvalue weighted by Gasteiger charge is 2.39. The van der Waals surface area contributed by atoms with Crippen LogP contribution in [0.25, 0.3) is 0 Å². The summed E-state index contributed by atoms with van der Waals surface area (Å²) in [5.74, 6) is 0.792. The predicted molar refractivity (Wildman–Crippen MR) is 73.1 cm³/mol. The van der Waals surface area contributed by atoms with E-state index in [0.29, 0.717) is 5.69 Å². The van der Waals surface area contributed by atoms with Crippen LogP contribution in [0.2, 0.25) is 0 Å². The van der Waals surface area contributed by atoms with Gasteiger partial charge in [0.2, 0.25) is 0 Å². The standard InChI is InChI=1S/C16H16N2O/c19-12-14-8-11-17-15(18-14)16(9-4-5-10-16)13-6-2-1-3-7-13/h1-3,6-8,11-12H,4-5,9-10H2. The summed E-state index contributed by atoms with van der Waals surface area (Å²) in [6.07, 6.45) is 6.96. The van der Waals surface area contributed by atoms with E-state index in [2.05, 4.69) is 34.2 Å². The molecule has 1 saturated carbocycles. The number of hydrogen-bond acceptors (Lipinski definition) is 3. The molecule has 0 bridgehead atoms. The Morgan fingerprint density at radius 2 is 1.79 bits per heavy atom. The second-order valence-corrected chi connectivity index (χ2v) is 5.08. The topological polar surface area (TPSA) is 42.9 Å². The Morgan fingerprint density at radius 3 is 2.47 bits per heavy atom. The van der Waals surface area contributed by atoms with Gasteiger partial charge in [-0.25, -0.2) is 9.97 Å². The number of rotatable bonds is 3. The number of aromatic nitrogens is 2. The fraction of sp³-hybridized carbons (Fsp3) is 0.312. The Labute approximate surface area is 112 Å². The first kappa shape index (κ1) is 12.0. The summed E-state index contributed by atoms with van der Waals surface area (Å²) in [5, 5.41) is 0. The van der Waals surface area contributed by atoms with E-state index in [1.807, 2.05) is 6.07 Å². The Balaban J connectivity index is 2.13. The van der Waals surface area contributed by atoms with E-state index >= 15 is 0 Å². The van der Waals surface area contributed by atoms with Gasteiger partial charge in [-0.15, -0.1) is 0 Å².